The largest absolute Gasteiger partial charge is 0.377 e. The average Bonchev–Trinajstić information content (AvgIpc) is 3.15. The molecule has 24 heavy (non-hydrogen) atoms. The van der Waals surface area contributed by atoms with Crippen LogP contribution in [0.25, 0.3) is 0 Å². The van der Waals surface area contributed by atoms with Gasteiger partial charge in [0.15, 0.2) is 5.82 Å². The molecule has 0 spiro atoms. The molecule has 0 unspecified atom stereocenters. The van der Waals surface area contributed by atoms with Crippen LogP contribution >= 0.6 is 0 Å². The fourth-order valence-electron chi connectivity index (χ4n) is 2.04. The van der Waals surface area contributed by atoms with Crippen LogP contribution in [0.4, 0.5) is 10.2 Å². The summed E-state index contributed by atoms with van der Waals surface area (Å²) in [6.45, 7) is 2.95. The van der Waals surface area contributed by atoms with Crippen LogP contribution in [-0.2, 0) is 29.2 Å². The Bertz CT molecular complexity index is 659. The number of alkyl halides is 1. The second kappa shape index (κ2) is 9.03. The molecule has 0 atom stereocenters. The molecule has 0 radical (unpaired) electrons. The number of halogens is 1. The topological polar surface area (TPSA) is 110 Å². The summed E-state index contributed by atoms with van der Waals surface area (Å²) in [5, 5.41) is 18.7. The van der Waals surface area contributed by atoms with Gasteiger partial charge in [-0.2, -0.15) is 0 Å². The van der Waals surface area contributed by atoms with E-state index < -0.39 is 11.6 Å². The van der Waals surface area contributed by atoms with Crippen LogP contribution in [-0.4, -0.2) is 56.0 Å². The number of imidazole rings is 1. The molecule has 0 saturated heterocycles. The summed E-state index contributed by atoms with van der Waals surface area (Å²) in [5.41, 5.74) is 0.636. The number of ether oxygens (including phenoxy) is 2. The van der Waals surface area contributed by atoms with Gasteiger partial charge in [0, 0.05) is 6.92 Å². The molecule has 0 bridgehead atoms. The fraction of sp³-hybridized carbons (Fsp3) is 0.615. The van der Waals surface area contributed by atoms with Gasteiger partial charge in [0.1, 0.15) is 25.1 Å². The fourth-order valence-corrected chi connectivity index (χ4v) is 2.04. The van der Waals surface area contributed by atoms with Gasteiger partial charge in [0.05, 0.1) is 39.2 Å². The van der Waals surface area contributed by atoms with Crippen molar-refractivity contribution in [1.82, 2.24) is 24.5 Å². The third-order valence-corrected chi connectivity index (χ3v) is 3.20. The molecule has 0 fully saturated rings. The van der Waals surface area contributed by atoms with Gasteiger partial charge in [-0.1, -0.05) is 5.21 Å². The van der Waals surface area contributed by atoms with Gasteiger partial charge in [-0.15, -0.1) is 5.10 Å². The van der Waals surface area contributed by atoms with Crippen molar-refractivity contribution >= 4 is 5.82 Å². The van der Waals surface area contributed by atoms with E-state index in [9.17, 15) is 14.5 Å². The van der Waals surface area contributed by atoms with E-state index >= 15 is 0 Å². The van der Waals surface area contributed by atoms with Crippen molar-refractivity contribution < 1.29 is 18.8 Å². The standard InChI is InChI=1S/C13H19FN6O4/c1-11-15-8-13(20(21)22)19(11)4-7-24-10-12-9-18(17-16-12)3-6-23-5-2-14/h8-9H,2-7,10H2,1H3/i14-1. The molecule has 0 aliphatic rings. The summed E-state index contributed by atoms with van der Waals surface area (Å²) in [6, 6.07) is 0. The lowest BCUT2D eigenvalue weighted by molar-refractivity contribution is -0.392. The Morgan fingerprint density at radius 3 is 2.83 bits per heavy atom. The molecule has 11 heteroatoms. The molecule has 0 aromatic carbocycles. The van der Waals surface area contributed by atoms with Crippen molar-refractivity contribution in [3.63, 3.8) is 0 Å². The van der Waals surface area contributed by atoms with Crippen LogP contribution in [0.5, 0.6) is 0 Å². The molecule has 0 N–H and O–H groups in total. The highest BCUT2D eigenvalue weighted by atomic mass is 18.2. The summed E-state index contributed by atoms with van der Waals surface area (Å²) in [4.78, 5) is 14.3. The number of nitro groups is 1. The number of nitrogens with zero attached hydrogens (tertiary/aromatic N) is 6. The van der Waals surface area contributed by atoms with Crippen LogP contribution in [0.2, 0.25) is 0 Å². The van der Waals surface area contributed by atoms with Crippen LogP contribution in [0.15, 0.2) is 12.4 Å². The lowest BCUT2D eigenvalue weighted by Gasteiger charge is -2.03. The summed E-state index contributed by atoms with van der Waals surface area (Å²) in [6.07, 6.45) is 2.94. The third-order valence-electron chi connectivity index (χ3n) is 3.20. The summed E-state index contributed by atoms with van der Waals surface area (Å²) in [5.74, 6) is 0.500. The zero-order valence-electron chi connectivity index (χ0n) is 13.3. The minimum absolute atomic E-state index is 0.0599. The van der Waals surface area contributed by atoms with E-state index in [-0.39, 0.29) is 25.6 Å². The zero-order valence-corrected chi connectivity index (χ0v) is 13.3. The molecule has 0 saturated carbocycles. The summed E-state index contributed by atoms with van der Waals surface area (Å²) < 4.78 is 25.4. The Hall–Kier alpha value is -2.40. The minimum atomic E-state index is -0.509. The van der Waals surface area contributed by atoms with E-state index in [1.807, 2.05) is 0 Å². The van der Waals surface area contributed by atoms with Crippen molar-refractivity contribution in [3.05, 3.63) is 34.0 Å². The Balaban J connectivity index is 1.72. The smallest absolute Gasteiger partial charge is 0.342 e. The molecule has 0 aliphatic carbocycles. The third kappa shape index (κ3) is 5.06. The van der Waals surface area contributed by atoms with E-state index in [0.29, 0.717) is 31.2 Å². The monoisotopic (exact) mass is 341 g/mol. The quantitative estimate of drug-likeness (QED) is 0.339. The highest BCUT2D eigenvalue weighted by Gasteiger charge is 2.16. The van der Waals surface area contributed by atoms with Crippen molar-refractivity contribution in [2.24, 2.45) is 0 Å². The van der Waals surface area contributed by atoms with Crippen LogP contribution < -0.4 is 0 Å². The van der Waals surface area contributed by atoms with Gasteiger partial charge in [-0.05, 0) is 4.92 Å². The molecule has 2 heterocycles. The molecule has 0 aliphatic heterocycles. The predicted octanol–water partition coefficient (Wildman–Crippen LogP) is 0.894. The Labute approximate surface area is 137 Å². The van der Waals surface area contributed by atoms with E-state index in [1.165, 1.54) is 10.8 Å². The van der Waals surface area contributed by atoms with Gasteiger partial charge >= 0.3 is 5.82 Å². The zero-order chi connectivity index (χ0) is 17.4. The predicted molar refractivity (Wildman–Crippen MR) is 80.1 cm³/mol. The van der Waals surface area contributed by atoms with Gasteiger partial charge < -0.3 is 19.6 Å². The van der Waals surface area contributed by atoms with Gasteiger partial charge in [0.2, 0.25) is 0 Å². The van der Waals surface area contributed by atoms with E-state index in [4.69, 9.17) is 9.47 Å². The highest BCUT2D eigenvalue weighted by molar-refractivity contribution is 5.18. The first-order valence-corrected chi connectivity index (χ1v) is 7.38. The van der Waals surface area contributed by atoms with E-state index in [1.54, 1.807) is 17.8 Å². The first kappa shape index (κ1) is 17.9. The second-order valence-electron chi connectivity index (χ2n) is 4.90. The molecular formula is C13H19FN6O4. The molecular weight excluding hydrogens is 322 g/mol. The van der Waals surface area contributed by atoms with E-state index in [2.05, 4.69) is 15.3 Å². The number of hydrogen-bond acceptors (Lipinski definition) is 7. The SMILES string of the molecule is Cc1ncc([N+](=O)[O-])n1CCOCc1cn(CCOCC[18F])nn1. The maximum absolute atomic E-state index is 11.9. The Morgan fingerprint density at radius 1 is 1.29 bits per heavy atom. The van der Waals surface area contributed by atoms with Crippen LogP contribution in [0, 0.1) is 17.0 Å². The van der Waals surface area contributed by atoms with E-state index in [0.717, 1.165) is 0 Å². The van der Waals surface area contributed by atoms with Gasteiger partial charge in [0.25, 0.3) is 0 Å². The molecule has 2 rings (SSSR count). The normalized spacial score (nSPS) is 11.1. The number of rotatable bonds is 11. The molecule has 0 amide bonds. The average molecular weight is 341 g/mol. The Morgan fingerprint density at radius 2 is 2.08 bits per heavy atom. The van der Waals surface area contributed by atoms with Gasteiger partial charge in [-0.25, -0.2) is 18.6 Å². The number of hydrogen-bond donors (Lipinski definition) is 0. The summed E-state index contributed by atoms with van der Waals surface area (Å²) >= 11 is 0. The maximum Gasteiger partial charge on any atom is 0.342 e. The Kier molecular flexibility index (Phi) is 6.75. The number of aryl methyl sites for hydroxylation is 1. The maximum atomic E-state index is 11.9. The first-order valence-electron chi connectivity index (χ1n) is 7.38. The highest BCUT2D eigenvalue weighted by Crippen LogP contribution is 2.13. The summed E-state index contributed by atoms with van der Waals surface area (Å²) in [7, 11) is 0. The second-order valence-corrected chi connectivity index (χ2v) is 4.90. The molecule has 10 nitrogen and oxygen atoms in total. The van der Waals surface area contributed by atoms with Crippen molar-refractivity contribution in [3.8, 4) is 0 Å². The first-order chi connectivity index (χ1) is 11.6. The van der Waals surface area contributed by atoms with Crippen LogP contribution in [0.1, 0.15) is 11.5 Å². The molecule has 2 aromatic heterocycles. The van der Waals surface area contributed by atoms with Gasteiger partial charge in [-0.3, -0.25) is 0 Å². The van der Waals surface area contributed by atoms with Crippen molar-refractivity contribution in [2.45, 2.75) is 26.6 Å². The lowest BCUT2D eigenvalue weighted by Crippen LogP contribution is -2.10. The molecule has 2 aromatic rings. The lowest BCUT2D eigenvalue weighted by atomic mass is 10.5. The van der Waals surface area contributed by atoms with Crippen molar-refractivity contribution in [1.29, 1.82) is 0 Å². The van der Waals surface area contributed by atoms with Crippen LogP contribution in [0.3, 0.4) is 0 Å². The van der Waals surface area contributed by atoms with Crippen molar-refractivity contribution in [2.75, 3.05) is 26.5 Å². The molecule has 132 valence electrons. The minimum Gasteiger partial charge on any atom is -0.377 e. The number of aromatic nitrogens is 5.